The molecular weight excluding hydrogens is 251 g/mol. The lowest BCUT2D eigenvalue weighted by Gasteiger charge is -2.10. The number of thioether (sulfide) groups is 1. The van der Waals surface area contributed by atoms with E-state index in [1.165, 1.54) is 0 Å². The number of halogens is 2. The Morgan fingerprint density at radius 2 is 1.87 bits per heavy atom. The van der Waals surface area contributed by atoms with Crippen molar-refractivity contribution in [3.8, 4) is 0 Å². The summed E-state index contributed by atoms with van der Waals surface area (Å²) in [4.78, 5) is 3.12. The summed E-state index contributed by atoms with van der Waals surface area (Å²) in [5, 5.41) is 1.06. The summed E-state index contributed by atoms with van der Waals surface area (Å²) in [6, 6.07) is 3.52. The third kappa shape index (κ3) is 4.11. The van der Waals surface area contributed by atoms with Crippen LogP contribution in [-0.2, 0) is 0 Å². The van der Waals surface area contributed by atoms with Gasteiger partial charge in [0.05, 0.1) is 10.0 Å². The molecule has 0 saturated heterocycles. The van der Waals surface area contributed by atoms with Crippen molar-refractivity contribution in [1.29, 1.82) is 0 Å². The van der Waals surface area contributed by atoms with Crippen LogP contribution in [0.25, 0.3) is 0 Å². The number of benzene rings is 1. The number of nitrogen functional groups attached to an aromatic ring is 1. The average Bonchev–Trinajstić information content (AvgIpc) is 2.13. The van der Waals surface area contributed by atoms with Gasteiger partial charge in [-0.3, -0.25) is 0 Å². The van der Waals surface area contributed by atoms with Crippen LogP contribution >= 0.6 is 35.0 Å². The summed E-state index contributed by atoms with van der Waals surface area (Å²) >= 11 is 13.4. The first-order valence-corrected chi connectivity index (χ1v) is 6.27. The van der Waals surface area contributed by atoms with Gasteiger partial charge in [-0.2, -0.15) is 0 Å². The van der Waals surface area contributed by atoms with E-state index >= 15 is 0 Å². The predicted molar refractivity (Wildman–Crippen MR) is 70.2 cm³/mol. The van der Waals surface area contributed by atoms with Gasteiger partial charge in [-0.25, -0.2) is 0 Å². The van der Waals surface area contributed by atoms with Crippen molar-refractivity contribution in [2.75, 3.05) is 32.1 Å². The molecule has 0 unspecified atom stereocenters. The van der Waals surface area contributed by atoms with Crippen LogP contribution in [0.2, 0.25) is 10.0 Å². The number of hydrogen-bond acceptors (Lipinski definition) is 3. The van der Waals surface area contributed by atoms with E-state index in [9.17, 15) is 0 Å². The first-order chi connectivity index (χ1) is 7.00. The highest BCUT2D eigenvalue weighted by Crippen LogP contribution is 2.33. The zero-order chi connectivity index (χ0) is 11.4. The highest BCUT2D eigenvalue weighted by Gasteiger charge is 2.05. The molecule has 0 heterocycles. The van der Waals surface area contributed by atoms with Crippen molar-refractivity contribution >= 4 is 40.7 Å². The van der Waals surface area contributed by atoms with Crippen LogP contribution in [0.3, 0.4) is 0 Å². The summed E-state index contributed by atoms with van der Waals surface area (Å²) in [5.41, 5.74) is 6.52. The van der Waals surface area contributed by atoms with Crippen LogP contribution in [0, 0.1) is 0 Å². The largest absolute Gasteiger partial charge is 0.398 e. The molecule has 0 fully saturated rings. The quantitative estimate of drug-likeness (QED) is 0.669. The molecule has 2 nitrogen and oxygen atoms in total. The molecule has 1 aromatic rings. The van der Waals surface area contributed by atoms with Gasteiger partial charge in [-0.05, 0) is 26.2 Å². The molecule has 0 aliphatic rings. The average molecular weight is 265 g/mol. The van der Waals surface area contributed by atoms with E-state index in [1.54, 1.807) is 17.8 Å². The molecule has 0 bridgehead atoms. The Balaban J connectivity index is 2.65. The Labute approximate surface area is 105 Å². The molecule has 15 heavy (non-hydrogen) atoms. The SMILES string of the molecule is CN(C)CCSc1cc(Cl)c(Cl)cc1N. The van der Waals surface area contributed by atoms with Crippen molar-refractivity contribution in [1.82, 2.24) is 4.90 Å². The van der Waals surface area contributed by atoms with Gasteiger partial charge in [0.1, 0.15) is 0 Å². The van der Waals surface area contributed by atoms with Crippen molar-refractivity contribution in [2.45, 2.75) is 4.90 Å². The lowest BCUT2D eigenvalue weighted by Crippen LogP contribution is -2.14. The molecule has 2 N–H and O–H groups in total. The zero-order valence-electron chi connectivity index (χ0n) is 8.76. The van der Waals surface area contributed by atoms with Crippen LogP contribution < -0.4 is 5.73 Å². The smallest absolute Gasteiger partial charge is 0.0613 e. The molecule has 0 aliphatic carbocycles. The van der Waals surface area contributed by atoms with Gasteiger partial charge in [-0.15, -0.1) is 11.8 Å². The lowest BCUT2D eigenvalue weighted by atomic mass is 10.3. The van der Waals surface area contributed by atoms with Crippen molar-refractivity contribution in [3.63, 3.8) is 0 Å². The molecule has 84 valence electrons. The Morgan fingerprint density at radius 1 is 1.27 bits per heavy atom. The van der Waals surface area contributed by atoms with E-state index in [4.69, 9.17) is 28.9 Å². The lowest BCUT2D eigenvalue weighted by molar-refractivity contribution is 0.437. The van der Waals surface area contributed by atoms with Gasteiger partial charge in [0.2, 0.25) is 0 Å². The Morgan fingerprint density at radius 3 is 2.47 bits per heavy atom. The fourth-order valence-corrected chi connectivity index (χ4v) is 2.51. The molecule has 0 aliphatic heterocycles. The van der Waals surface area contributed by atoms with Crippen LogP contribution in [0.1, 0.15) is 0 Å². The summed E-state index contributed by atoms with van der Waals surface area (Å²) in [6.45, 7) is 1.00. The van der Waals surface area contributed by atoms with E-state index in [0.717, 1.165) is 17.2 Å². The van der Waals surface area contributed by atoms with Gasteiger partial charge < -0.3 is 10.6 Å². The molecular formula is C10H14Cl2N2S. The summed E-state index contributed by atoms with van der Waals surface area (Å²) in [7, 11) is 4.08. The molecule has 0 saturated carbocycles. The van der Waals surface area contributed by atoms with Crippen LogP contribution in [0.15, 0.2) is 17.0 Å². The fourth-order valence-electron chi connectivity index (χ4n) is 1.01. The fraction of sp³-hybridized carbons (Fsp3) is 0.400. The predicted octanol–water partition coefficient (Wildman–Crippen LogP) is 3.23. The Hall–Kier alpha value is -0.0900. The second-order valence-corrected chi connectivity index (χ2v) is 5.41. The van der Waals surface area contributed by atoms with Crippen molar-refractivity contribution < 1.29 is 0 Å². The summed E-state index contributed by atoms with van der Waals surface area (Å²) in [6.07, 6.45) is 0. The molecule has 0 amide bonds. The first kappa shape index (κ1) is 13.0. The van der Waals surface area contributed by atoms with Gasteiger partial charge in [0.25, 0.3) is 0 Å². The minimum atomic E-state index is 0.506. The van der Waals surface area contributed by atoms with Gasteiger partial charge >= 0.3 is 0 Å². The van der Waals surface area contributed by atoms with E-state index in [1.807, 2.05) is 20.2 Å². The highest BCUT2D eigenvalue weighted by atomic mass is 35.5. The van der Waals surface area contributed by atoms with Gasteiger partial charge in [0.15, 0.2) is 0 Å². The number of nitrogens with two attached hydrogens (primary N) is 1. The summed E-state index contributed by atoms with van der Waals surface area (Å²) in [5.74, 6) is 0.981. The van der Waals surface area contributed by atoms with E-state index < -0.39 is 0 Å². The topological polar surface area (TPSA) is 29.3 Å². The number of rotatable bonds is 4. The van der Waals surface area contributed by atoms with Crippen LogP contribution in [0.5, 0.6) is 0 Å². The molecule has 0 spiro atoms. The molecule has 1 rings (SSSR count). The van der Waals surface area contributed by atoms with Crippen LogP contribution in [-0.4, -0.2) is 31.3 Å². The van der Waals surface area contributed by atoms with E-state index in [-0.39, 0.29) is 0 Å². The number of hydrogen-bond donors (Lipinski definition) is 1. The summed E-state index contributed by atoms with van der Waals surface area (Å²) < 4.78 is 0. The third-order valence-electron chi connectivity index (χ3n) is 1.85. The highest BCUT2D eigenvalue weighted by molar-refractivity contribution is 7.99. The molecule has 1 aromatic carbocycles. The van der Waals surface area contributed by atoms with Crippen molar-refractivity contribution in [2.24, 2.45) is 0 Å². The van der Waals surface area contributed by atoms with E-state index in [0.29, 0.717) is 15.7 Å². The Kier molecular flexibility index (Phi) is 5.06. The maximum Gasteiger partial charge on any atom is 0.0613 e. The Bertz CT molecular complexity index is 342. The normalized spacial score (nSPS) is 11.0. The third-order valence-corrected chi connectivity index (χ3v) is 3.62. The van der Waals surface area contributed by atoms with E-state index in [2.05, 4.69) is 4.90 Å². The maximum absolute atomic E-state index is 5.92. The van der Waals surface area contributed by atoms with Gasteiger partial charge in [-0.1, -0.05) is 23.2 Å². The minimum absolute atomic E-state index is 0.506. The maximum atomic E-state index is 5.92. The van der Waals surface area contributed by atoms with Gasteiger partial charge in [0, 0.05) is 22.9 Å². The number of anilines is 1. The second-order valence-electron chi connectivity index (χ2n) is 3.46. The molecule has 5 heteroatoms. The minimum Gasteiger partial charge on any atom is -0.398 e. The standard InChI is InChI=1S/C10H14Cl2N2S/c1-14(2)3-4-15-10-6-8(12)7(11)5-9(10)13/h5-6H,3-4,13H2,1-2H3. The molecule has 0 aromatic heterocycles. The molecule has 0 radical (unpaired) electrons. The number of nitrogens with zero attached hydrogens (tertiary/aromatic N) is 1. The van der Waals surface area contributed by atoms with Crippen molar-refractivity contribution in [3.05, 3.63) is 22.2 Å². The first-order valence-electron chi connectivity index (χ1n) is 4.52. The monoisotopic (exact) mass is 264 g/mol. The molecule has 0 atom stereocenters. The zero-order valence-corrected chi connectivity index (χ0v) is 11.1. The van der Waals surface area contributed by atoms with Crippen LogP contribution in [0.4, 0.5) is 5.69 Å². The second kappa shape index (κ2) is 5.85.